The lowest BCUT2D eigenvalue weighted by Gasteiger charge is -2.11. The number of hydrogen-bond acceptors (Lipinski definition) is 3. The predicted molar refractivity (Wildman–Crippen MR) is 69.6 cm³/mol. The molecule has 1 aliphatic rings. The van der Waals surface area contributed by atoms with Crippen molar-refractivity contribution in [1.29, 1.82) is 0 Å². The lowest BCUT2D eigenvalue weighted by molar-refractivity contribution is 0.502. The van der Waals surface area contributed by atoms with E-state index in [0.717, 1.165) is 12.1 Å². The van der Waals surface area contributed by atoms with Crippen LogP contribution >= 0.6 is 11.3 Å². The monoisotopic (exact) mass is 238 g/mol. The Morgan fingerprint density at radius 3 is 2.69 bits per heavy atom. The molecule has 0 bridgehead atoms. The molecule has 1 aromatic heterocycles. The Morgan fingerprint density at radius 2 is 2.19 bits per heavy atom. The standard InChI is InChI=1S/C13H22N2S/c1-8(2)5-10(14)11-7-16-12(15-11)9-6-13(9,3)4/h7-10H,5-6,14H2,1-4H3. The Bertz CT molecular complexity index is 368. The van der Waals surface area contributed by atoms with Crippen LogP contribution in [0.1, 0.15) is 63.2 Å². The molecule has 2 unspecified atom stereocenters. The van der Waals surface area contributed by atoms with E-state index in [9.17, 15) is 0 Å². The van der Waals surface area contributed by atoms with E-state index in [4.69, 9.17) is 10.7 Å². The smallest absolute Gasteiger partial charge is 0.0965 e. The molecule has 3 heteroatoms. The van der Waals surface area contributed by atoms with Gasteiger partial charge in [-0.15, -0.1) is 11.3 Å². The lowest BCUT2D eigenvalue weighted by Crippen LogP contribution is -2.13. The zero-order valence-corrected chi connectivity index (χ0v) is 11.5. The number of nitrogens with zero attached hydrogens (tertiary/aromatic N) is 1. The van der Waals surface area contributed by atoms with E-state index < -0.39 is 0 Å². The highest BCUT2D eigenvalue weighted by atomic mass is 32.1. The largest absolute Gasteiger partial charge is 0.323 e. The van der Waals surface area contributed by atoms with Gasteiger partial charge in [0.15, 0.2) is 0 Å². The maximum absolute atomic E-state index is 6.14. The van der Waals surface area contributed by atoms with E-state index >= 15 is 0 Å². The Balaban J connectivity index is 2.03. The molecule has 16 heavy (non-hydrogen) atoms. The number of nitrogens with two attached hydrogens (primary N) is 1. The normalized spacial score (nSPS) is 24.8. The van der Waals surface area contributed by atoms with Crippen molar-refractivity contribution in [2.45, 2.75) is 52.5 Å². The fourth-order valence-corrected chi connectivity index (χ4v) is 3.34. The molecule has 2 N–H and O–H groups in total. The summed E-state index contributed by atoms with van der Waals surface area (Å²) < 4.78 is 0. The van der Waals surface area contributed by atoms with Gasteiger partial charge in [-0.25, -0.2) is 4.98 Å². The zero-order chi connectivity index (χ0) is 11.9. The van der Waals surface area contributed by atoms with Crippen molar-refractivity contribution in [3.8, 4) is 0 Å². The van der Waals surface area contributed by atoms with E-state index in [2.05, 4.69) is 33.1 Å². The molecule has 0 spiro atoms. The SMILES string of the molecule is CC(C)CC(N)c1csc(C2CC2(C)C)n1. The summed E-state index contributed by atoms with van der Waals surface area (Å²) in [6.07, 6.45) is 2.30. The third-order valence-corrected chi connectivity index (χ3v) is 4.43. The van der Waals surface area contributed by atoms with Crippen LogP contribution in [-0.2, 0) is 0 Å². The summed E-state index contributed by atoms with van der Waals surface area (Å²) in [5.41, 5.74) is 7.70. The van der Waals surface area contributed by atoms with Crippen LogP contribution < -0.4 is 5.73 Å². The average Bonchev–Trinajstić information content (AvgIpc) is 2.64. The maximum atomic E-state index is 6.14. The van der Waals surface area contributed by atoms with Gasteiger partial charge in [0, 0.05) is 17.3 Å². The minimum Gasteiger partial charge on any atom is -0.323 e. The van der Waals surface area contributed by atoms with E-state index in [1.807, 2.05) is 0 Å². The molecule has 1 aliphatic carbocycles. The van der Waals surface area contributed by atoms with Crippen LogP contribution in [0.2, 0.25) is 0 Å². The third kappa shape index (κ3) is 2.46. The molecule has 0 aliphatic heterocycles. The zero-order valence-electron chi connectivity index (χ0n) is 10.7. The lowest BCUT2D eigenvalue weighted by atomic mass is 10.0. The van der Waals surface area contributed by atoms with Crippen LogP contribution in [0.15, 0.2) is 5.38 Å². The number of thiazole rings is 1. The van der Waals surface area contributed by atoms with Crippen LogP contribution in [0.4, 0.5) is 0 Å². The molecule has 1 aromatic rings. The second-order valence-corrected chi connectivity index (χ2v) is 6.98. The minimum atomic E-state index is 0.117. The highest BCUT2D eigenvalue weighted by Crippen LogP contribution is 2.59. The molecule has 90 valence electrons. The Hall–Kier alpha value is -0.410. The first kappa shape index (κ1) is 12.1. The third-order valence-electron chi connectivity index (χ3n) is 3.46. The molecule has 2 rings (SSSR count). The summed E-state index contributed by atoms with van der Waals surface area (Å²) in [6, 6.07) is 0.117. The van der Waals surface area contributed by atoms with Gasteiger partial charge in [-0.1, -0.05) is 27.7 Å². The van der Waals surface area contributed by atoms with E-state index in [0.29, 0.717) is 17.3 Å². The minimum absolute atomic E-state index is 0.117. The van der Waals surface area contributed by atoms with Crippen molar-refractivity contribution < 1.29 is 0 Å². The molecule has 0 amide bonds. The Kier molecular flexibility index (Phi) is 3.10. The van der Waals surface area contributed by atoms with Crippen LogP contribution in [0.3, 0.4) is 0 Å². The molecule has 0 radical (unpaired) electrons. The molecular weight excluding hydrogens is 216 g/mol. The van der Waals surface area contributed by atoms with Gasteiger partial charge in [0.25, 0.3) is 0 Å². The topological polar surface area (TPSA) is 38.9 Å². The number of rotatable bonds is 4. The fourth-order valence-electron chi connectivity index (χ4n) is 2.15. The average molecular weight is 238 g/mol. The fraction of sp³-hybridized carbons (Fsp3) is 0.769. The van der Waals surface area contributed by atoms with Gasteiger partial charge in [0.1, 0.15) is 0 Å². The highest BCUT2D eigenvalue weighted by Gasteiger charge is 2.48. The van der Waals surface area contributed by atoms with Crippen molar-refractivity contribution in [3.05, 3.63) is 16.1 Å². The number of aromatic nitrogens is 1. The maximum Gasteiger partial charge on any atom is 0.0965 e. The first-order chi connectivity index (χ1) is 7.40. The quantitative estimate of drug-likeness (QED) is 0.868. The van der Waals surface area contributed by atoms with Crippen molar-refractivity contribution in [2.24, 2.45) is 17.1 Å². The Morgan fingerprint density at radius 1 is 1.56 bits per heavy atom. The molecular formula is C13H22N2S. The molecule has 1 saturated carbocycles. The van der Waals surface area contributed by atoms with E-state index in [1.54, 1.807) is 11.3 Å². The molecule has 2 nitrogen and oxygen atoms in total. The van der Waals surface area contributed by atoms with Crippen molar-refractivity contribution in [1.82, 2.24) is 4.98 Å². The van der Waals surface area contributed by atoms with Gasteiger partial charge in [0.2, 0.25) is 0 Å². The van der Waals surface area contributed by atoms with Gasteiger partial charge in [-0.05, 0) is 24.2 Å². The van der Waals surface area contributed by atoms with Crippen molar-refractivity contribution in [3.63, 3.8) is 0 Å². The van der Waals surface area contributed by atoms with Gasteiger partial charge >= 0.3 is 0 Å². The summed E-state index contributed by atoms with van der Waals surface area (Å²) in [6.45, 7) is 9.04. The van der Waals surface area contributed by atoms with Crippen molar-refractivity contribution in [2.75, 3.05) is 0 Å². The van der Waals surface area contributed by atoms with Gasteiger partial charge in [-0.2, -0.15) is 0 Å². The summed E-state index contributed by atoms with van der Waals surface area (Å²) >= 11 is 1.79. The predicted octanol–water partition coefficient (Wildman–Crippen LogP) is 3.70. The molecule has 1 heterocycles. The van der Waals surface area contributed by atoms with Gasteiger partial charge in [0.05, 0.1) is 10.7 Å². The summed E-state index contributed by atoms with van der Waals surface area (Å²) in [5, 5.41) is 3.44. The van der Waals surface area contributed by atoms with Gasteiger partial charge < -0.3 is 5.73 Å². The first-order valence-corrected chi connectivity index (χ1v) is 6.99. The van der Waals surface area contributed by atoms with Crippen LogP contribution in [-0.4, -0.2) is 4.98 Å². The highest BCUT2D eigenvalue weighted by molar-refractivity contribution is 7.09. The van der Waals surface area contributed by atoms with Crippen LogP contribution in [0.25, 0.3) is 0 Å². The molecule has 0 saturated heterocycles. The molecule has 2 atom stereocenters. The van der Waals surface area contributed by atoms with Crippen molar-refractivity contribution >= 4 is 11.3 Å². The Labute approximate surface area is 102 Å². The van der Waals surface area contributed by atoms with Crippen LogP contribution in [0, 0.1) is 11.3 Å². The summed E-state index contributed by atoms with van der Waals surface area (Å²) in [7, 11) is 0. The van der Waals surface area contributed by atoms with E-state index in [1.165, 1.54) is 11.4 Å². The molecule has 1 fully saturated rings. The molecule has 0 aromatic carbocycles. The van der Waals surface area contributed by atoms with Crippen LogP contribution in [0.5, 0.6) is 0 Å². The number of hydrogen-bond donors (Lipinski definition) is 1. The van der Waals surface area contributed by atoms with Gasteiger partial charge in [-0.3, -0.25) is 0 Å². The summed E-state index contributed by atoms with van der Waals surface area (Å²) in [5.74, 6) is 1.31. The second-order valence-electron chi connectivity index (χ2n) is 6.09. The summed E-state index contributed by atoms with van der Waals surface area (Å²) in [4.78, 5) is 4.71. The first-order valence-electron chi connectivity index (χ1n) is 6.11. The van der Waals surface area contributed by atoms with E-state index in [-0.39, 0.29) is 6.04 Å². The second kappa shape index (κ2) is 4.11.